The average Bonchev–Trinajstić information content (AvgIpc) is 3.36. The number of methoxy groups -OCH3 is 1. The van der Waals surface area contributed by atoms with E-state index in [0.717, 1.165) is 29.2 Å². The molecule has 8 heteroatoms. The molecule has 2 heterocycles. The lowest BCUT2D eigenvalue weighted by Gasteiger charge is -2.11. The van der Waals surface area contributed by atoms with E-state index in [0.29, 0.717) is 23.3 Å². The van der Waals surface area contributed by atoms with E-state index in [4.69, 9.17) is 4.74 Å². The molecule has 0 bridgehead atoms. The van der Waals surface area contributed by atoms with Crippen LogP contribution >= 0.6 is 11.8 Å². The van der Waals surface area contributed by atoms with Gasteiger partial charge in [-0.15, -0.1) is 10.2 Å². The van der Waals surface area contributed by atoms with Gasteiger partial charge in [-0.05, 0) is 49.2 Å². The van der Waals surface area contributed by atoms with Crippen LogP contribution in [0.25, 0.3) is 17.0 Å². The van der Waals surface area contributed by atoms with Gasteiger partial charge in [0.25, 0.3) is 0 Å². The van der Waals surface area contributed by atoms with Gasteiger partial charge in [-0.3, -0.25) is 4.79 Å². The van der Waals surface area contributed by atoms with E-state index in [1.54, 1.807) is 11.6 Å². The molecule has 1 aliphatic carbocycles. The molecule has 1 saturated carbocycles. The van der Waals surface area contributed by atoms with E-state index in [1.807, 2.05) is 36.4 Å². The predicted octanol–water partition coefficient (Wildman–Crippen LogP) is 2.95. The van der Waals surface area contributed by atoms with Gasteiger partial charge in [0.05, 0.1) is 12.9 Å². The Balaban J connectivity index is 1.48. The second-order valence-electron chi connectivity index (χ2n) is 6.53. The predicted molar refractivity (Wildman–Crippen MR) is 104 cm³/mol. The van der Waals surface area contributed by atoms with E-state index in [-0.39, 0.29) is 5.91 Å². The maximum Gasteiger partial charge on any atom is 0.230 e. The van der Waals surface area contributed by atoms with Crippen LogP contribution in [-0.4, -0.2) is 44.6 Å². The van der Waals surface area contributed by atoms with Gasteiger partial charge in [-0.25, -0.2) is 0 Å². The van der Waals surface area contributed by atoms with Crippen LogP contribution in [0.3, 0.4) is 0 Å². The molecule has 1 aliphatic rings. The van der Waals surface area contributed by atoms with Crippen LogP contribution in [0, 0.1) is 0 Å². The monoisotopic (exact) mass is 383 g/mol. The SMILES string of the molecule is COc1ccc(-c2nnc3ccc(SCC(=O)NC4CCCC4)nn23)cc1. The molecule has 4 rings (SSSR count). The summed E-state index contributed by atoms with van der Waals surface area (Å²) in [6.07, 6.45) is 4.59. The van der Waals surface area contributed by atoms with E-state index < -0.39 is 0 Å². The number of hydrogen-bond donors (Lipinski definition) is 1. The number of fused-ring (bicyclic) bond motifs is 1. The largest absolute Gasteiger partial charge is 0.497 e. The summed E-state index contributed by atoms with van der Waals surface area (Å²) in [5, 5.41) is 16.9. The Bertz CT molecular complexity index is 935. The highest BCUT2D eigenvalue weighted by Gasteiger charge is 2.17. The van der Waals surface area contributed by atoms with Crippen LogP contribution < -0.4 is 10.1 Å². The van der Waals surface area contributed by atoms with Crippen molar-refractivity contribution in [2.24, 2.45) is 0 Å². The lowest BCUT2D eigenvalue weighted by molar-refractivity contribution is -0.119. The number of benzene rings is 1. The zero-order valence-electron chi connectivity index (χ0n) is 15.1. The Morgan fingerprint density at radius 1 is 1.19 bits per heavy atom. The normalized spacial score (nSPS) is 14.6. The number of carbonyl (C=O) groups excluding carboxylic acids is 1. The second-order valence-corrected chi connectivity index (χ2v) is 7.53. The molecule has 1 amide bonds. The number of carbonyl (C=O) groups is 1. The maximum atomic E-state index is 12.1. The van der Waals surface area contributed by atoms with Gasteiger partial charge >= 0.3 is 0 Å². The summed E-state index contributed by atoms with van der Waals surface area (Å²) < 4.78 is 6.90. The molecule has 0 spiro atoms. The number of ether oxygens (including phenoxy) is 1. The van der Waals surface area contributed by atoms with Crippen molar-refractivity contribution in [1.82, 2.24) is 25.1 Å². The lowest BCUT2D eigenvalue weighted by atomic mass is 10.2. The third kappa shape index (κ3) is 4.05. The molecule has 2 aromatic heterocycles. The Morgan fingerprint density at radius 3 is 2.70 bits per heavy atom. The summed E-state index contributed by atoms with van der Waals surface area (Å²) in [6, 6.07) is 11.7. The molecule has 0 aliphatic heterocycles. The van der Waals surface area contributed by atoms with Gasteiger partial charge in [-0.1, -0.05) is 24.6 Å². The zero-order chi connectivity index (χ0) is 18.6. The first-order chi connectivity index (χ1) is 13.2. The molecule has 27 heavy (non-hydrogen) atoms. The minimum atomic E-state index is 0.0629. The van der Waals surface area contributed by atoms with E-state index >= 15 is 0 Å². The molecular formula is C19H21N5O2S. The van der Waals surface area contributed by atoms with Crippen molar-refractivity contribution in [3.8, 4) is 17.1 Å². The molecule has 1 fully saturated rings. The Morgan fingerprint density at radius 2 is 1.96 bits per heavy atom. The van der Waals surface area contributed by atoms with Gasteiger partial charge in [0.1, 0.15) is 10.8 Å². The fourth-order valence-electron chi connectivity index (χ4n) is 3.25. The second kappa shape index (κ2) is 7.96. The highest BCUT2D eigenvalue weighted by Crippen LogP contribution is 2.23. The molecule has 0 radical (unpaired) electrons. The van der Waals surface area contributed by atoms with Gasteiger partial charge in [-0.2, -0.15) is 9.61 Å². The minimum Gasteiger partial charge on any atom is -0.497 e. The smallest absolute Gasteiger partial charge is 0.230 e. The molecule has 140 valence electrons. The number of hydrogen-bond acceptors (Lipinski definition) is 6. The first-order valence-electron chi connectivity index (χ1n) is 9.02. The van der Waals surface area contributed by atoms with Crippen LogP contribution in [0.15, 0.2) is 41.4 Å². The summed E-state index contributed by atoms with van der Waals surface area (Å²) >= 11 is 1.42. The van der Waals surface area contributed by atoms with Crippen molar-refractivity contribution in [3.63, 3.8) is 0 Å². The van der Waals surface area contributed by atoms with Crippen LogP contribution in [-0.2, 0) is 4.79 Å². The van der Waals surface area contributed by atoms with Crippen molar-refractivity contribution in [2.45, 2.75) is 36.8 Å². The minimum absolute atomic E-state index is 0.0629. The van der Waals surface area contributed by atoms with Gasteiger partial charge in [0.2, 0.25) is 5.91 Å². The standard InChI is InChI=1S/C19H21N5O2S/c1-26-15-8-6-13(7-9-15)19-22-21-16-10-11-18(23-24(16)19)27-12-17(25)20-14-4-2-3-5-14/h6-11,14H,2-5,12H2,1H3,(H,20,25). The molecule has 0 saturated heterocycles. The van der Waals surface area contributed by atoms with E-state index in [9.17, 15) is 4.79 Å². The third-order valence-corrected chi connectivity index (χ3v) is 5.58. The highest BCUT2D eigenvalue weighted by atomic mass is 32.2. The molecule has 3 aromatic rings. The zero-order valence-corrected chi connectivity index (χ0v) is 15.9. The number of nitrogens with zero attached hydrogens (tertiary/aromatic N) is 4. The van der Waals surface area contributed by atoms with Crippen LogP contribution in [0.4, 0.5) is 0 Å². The van der Waals surface area contributed by atoms with Crippen molar-refractivity contribution >= 4 is 23.3 Å². The molecule has 1 aromatic carbocycles. The molecule has 0 atom stereocenters. The van der Waals surface area contributed by atoms with Gasteiger partial charge < -0.3 is 10.1 Å². The number of amides is 1. The summed E-state index contributed by atoms with van der Waals surface area (Å²) in [5.41, 5.74) is 1.57. The fraction of sp³-hybridized carbons (Fsp3) is 0.368. The van der Waals surface area contributed by atoms with Crippen LogP contribution in [0.1, 0.15) is 25.7 Å². The summed E-state index contributed by atoms with van der Waals surface area (Å²) in [6.45, 7) is 0. The summed E-state index contributed by atoms with van der Waals surface area (Å²) in [4.78, 5) is 12.1. The molecule has 7 nitrogen and oxygen atoms in total. The number of aromatic nitrogens is 4. The molecule has 1 N–H and O–H groups in total. The van der Waals surface area contributed by atoms with Crippen LogP contribution in [0.2, 0.25) is 0 Å². The first kappa shape index (κ1) is 17.8. The average molecular weight is 383 g/mol. The van der Waals surface area contributed by atoms with Crippen molar-refractivity contribution in [2.75, 3.05) is 12.9 Å². The third-order valence-electron chi connectivity index (χ3n) is 4.66. The Kier molecular flexibility index (Phi) is 5.24. The van der Waals surface area contributed by atoms with Crippen molar-refractivity contribution < 1.29 is 9.53 Å². The number of rotatable bonds is 6. The Labute approximate surface area is 161 Å². The van der Waals surface area contributed by atoms with Crippen molar-refractivity contribution in [1.29, 1.82) is 0 Å². The number of nitrogens with one attached hydrogen (secondary N) is 1. The van der Waals surface area contributed by atoms with Crippen LogP contribution in [0.5, 0.6) is 5.75 Å². The molecule has 0 unspecified atom stereocenters. The van der Waals surface area contributed by atoms with E-state index in [2.05, 4.69) is 20.6 Å². The first-order valence-corrected chi connectivity index (χ1v) is 10.0. The summed E-state index contributed by atoms with van der Waals surface area (Å²) in [7, 11) is 1.63. The highest BCUT2D eigenvalue weighted by molar-refractivity contribution is 7.99. The summed E-state index contributed by atoms with van der Waals surface area (Å²) in [5.74, 6) is 1.86. The van der Waals surface area contributed by atoms with E-state index in [1.165, 1.54) is 24.6 Å². The maximum absolute atomic E-state index is 12.1. The Hall–Kier alpha value is -2.61. The number of thioether (sulfide) groups is 1. The lowest BCUT2D eigenvalue weighted by Crippen LogP contribution is -2.33. The fourth-order valence-corrected chi connectivity index (χ4v) is 3.91. The quantitative estimate of drug-likeness (QED) is 0.659. The topological polar surface area (TPSA) is 81.4 Å². The van der Waals surface area contributed by atoms with Crippen molar-refractivity contribution in [3.05, 3.63) is 36.4 Å². The van der Waals surface area contributed by atoms with Gasteiger partial charge in [0.15, 0.2) is 11.5 Å². The van der Waals surface area contributed by atoms with Gasteiger partial charge in [0, 0.05) is 11.6 Å². The molecular weight excluding hydrogens is 362 g/mol.